The van der Waals surface area contributed by atoms with Gasteiger partial charge in [-0.15, -0.1) is 0 Å². The number of aliphatic carboxylic acids is 1. The van der Waals surface area contributed by atoms with Crippen LogP contribution in [-0.2, 0) is 14.3 Å². The van der Waals surface area contributed by atoms with E-state index in [2.05, 4.69) is 84.6 Å². The number of hydrogen-bond acceptors (Lipinski definition) is 8. The van der Waals surface area contributed by atoms with Crippen molar-refractivity contribution < 1.29 is 33.7 Å². The Hall–Kier alpha value is -2.00. The third kappa shape index (κ3) is 19.3. The van der Waals surface area contributed by atoms with Gasteiger partial charge in [-0.05, 0) is 119 Å². The van der Waals surface area contributed by atoms with Gasteiger partial charge >= 0.3 is 17.7 Å². The van der Waals surface area contributed by atoms with Crippen LogP contribution in [0.15, 0.2) is 27.6 Å². The fourth-order valence-corrected chi connectivity index (χ4v) is 9.02. The Morgan fingerprint density at radius 3 is 1.84 bits per heavy atom. The standard InChI is InChI=1S/C29H41NO7.4C3H8.C2H7N.C2H6O.CH4.H3P/c1-27-12-9-20(37-26(34)30-15-3-4-24(31)32)16-19(27)6-7-23-22(27)10-13-28(2)21(11-14-29(23,28)35)18-5-8-25(33)36-17-18;6*1-3-2;;/h5,8,17,19-23,35H,3-4,6-7,9-16H2,1-2H3,(H,30,34)(H,31,32);4*3H2,1-2H3;3H,1-2H3;1-2H3;1H4;1H3. The molecule has 0 radical (unpaired) electrons. The van der Waals surface area contributed by atoms with Gasteiger partial charge in [0.1, 0.15) is 6.10 Å². The molecule has 57 heavy (non-hydrogen) atoms. The molecule has 4 N–H and O–H groups in total. The van der Waals surface area contributed by atoms with Crippen LogP contribution in [0, 0.1) is 28.6 Å². The van der Waals surface area contributed by atoms with E-state index in [1.54, 1.807) is 20.5 Å². The lowest BCUT2D eigenvalue weighted by molar-refractivity contribution is -0.205. The number of hydrogen-bond donors (Lipinski definition) is 4. The van der Waals surface area contributed by atoms with E-state index in [1.165, 1.54) is 31.7 Å². The van der Waals surface area contributed by atoms with Crippen LogP contribution < -0.4 is 16.3 Å². The molecular formula is C46H93N2O8P. The van der Waals surface area contributed by atoms with Gasteiger partial charge in [0.15, 0.2) is 0 Å². The van der Waals surface area contributed by atoms with Crippen molar-refractivity contribution in [3.8, 4) is 0 Å². The van der Waals surface area contributed by atoms with Gasteiger partial charge in [0.2, 0.25) is 0 Å². The van der Waals surface area contributed by atoms with E-state index >= 15 is 0 Å². The number of ether oxygens (including phenoxy) is 2. The quantitative estimate of drug-likeness (QED) is 0.162. The smallest absolute Gasteiger partial charge is 0.407 e. The molecule has 0 spiro atoms. The number of methoxy groups -OCH3 is 1. The Morgan fingerprint density at radius 1 is 0.842 bits per heavy atom. The van der Waals surface area contributed by atoms with Gasteiger partial charge in [-0.3, -0.25) is 4.79 Å². The van der Waals surface area contributed by atoms with E-state index in [1.807, 2.05) is 20.2 Å². The van der Waals surface area contributed by atoms with Crippen LogP contribution in [0.3, 0.4) is 0 Å². The summed E-state index contributed by atoms with van der Waals surface area (Å²) in [5.74, 6) is 0.477. The number of amides is 1. The zero-order chi connectivity index (χ0) is 42.7. The predicted molar refractivity (Wildman–Crippen MR) is 246 cm³/mol. The maximum atomic E-state index is 12.4. The number of alkyl carbamates (subject to hydrolysis) is 1. The summed E-state index contributed by atoms with van der Waals surface area (Å²) in [5, 5.41) is 26.5. The molecule has 1 heterocycles. The molecule has 1 aromatic heterocycles. The Kier molecular flexibility index (Phi) is 36.6. The molecule has 9 atom stereocenters. The van der Waals surface area contributed by atoms with E-state index in [9.17, 15) is 19.5 Å². The zero-order valence-corrected chi connectivity index (χ0v) is 39.9. The van der Waals surface area contributed by atoms with Crippen molar-refractivity contribution in [3.05, 3.63) is 34.4 Å². The second-order valence-electron chi connectivity index (χ2n) is 16.3. The van der Waals surface area contributed by atoms with Crippen molar-refractivity contribution in [1.29, 1.82) is 0 Å². The molecule has 9 unspecified atom stereocenters. The topological polar surface area (TPSA) is 147 Å². The number of carbonyl (C=O) groups excluding carboxylic acids is 1. The largest absolute Gasteiger partial charge is 0.481 e. The average molecular weight is 833 g/mol. The number of rotatable bonds is 6. The summed E-state index contributed by atoms with van der Waals surface area (Å²) in [7, 11) is 7.00. The lowest BCUT2D eigenvalue weighted by atomic mass is 9.43. The molecule has 1 aromatic rings. The fraction of sp³-hybridized carbons (Fsp3) is 0.848. The third-order valence-electron chi connectivity index (χ3n) is 11.0. The second-order valence-corrected chi connectivity index (χ2v) is 16.3. The van der Waals surface area contributed by atoms with Crippen LogP contribution in [0.25, 0.3) is 0 Å². The first-order valence-electron chi connectivity index (χ1n) is 21.5. The highest BCUT2D eigenvalue weighted by molar-refractivity contribution is 6.92. The molecule has 5 rings (SSSR count). The van der Waals surface area contributed by atoms with Gasteiger partial charge < -0.3 is 34.7 Å². The first kappa shape index (κ1) is 61.7. The molecule has 1 amide bonds. The van der Waals surface area contributed by atoms with E-state index in [0.29, 0.717) is 24.8 Å². The molecular weight excluding hydrogens is 739 g/mol. The van der Waals surface area contributed by atoms with Gasteiger partial charge in [0.05, 0.1) is 11.9 Å². The molecule has 11 heteroatoms. The molecule has 4 fully saturated rings. The molecule has 4 aliphatic rings. The Labute approximate surface area is 353 Å². The number of carboxylic acid groups (broad SMARTS) is 1. The predicted octanol–water partition coefficient (Wildman–Crippen LogP) is 11.3. The van der Waals surface area contributed by atoms with Crippen LogP contribution in [0.5, 0.6) is 0 Å². The molecule has 0 bridgehead atoms. The van der Waals surface area contributed by atoms with E-state index < -0.39 is 17.7 Å². The summed E-state index contributed by atoms with van der Waals surface area (Å²) in [6.45, 7) is 22.0. The molecule has 4 saturated carbocycles. The average Bonchev–Trinajstić information content (AvgIpc) is 3.40. The van der Waals surface area contributed by atoms with E-state index in [-0.39, 0.29) is 58.1 Å². The third-order valence-corrected chi connectivity index (χ3v) is 11.0. The van der Waals surface area contributed by atoms with Crippen molar-refractivity contribution in [2.45, 2.75) is 191 Å². The van der Waals surface area contributed by atoms with Gasteiger partial charge in [0.25, 0.3) is 0 Å². The van der Waals surface area contributed by atoms with Gasteiger partial charge in [-0.2, -0.15) is 9.90 Å². The summed E-state index contributed by atoms with van der Waals surface area (Å²) in [4.78, 5) is 34.4. The number of nitrogens with one attached hydrogen (secondary N) is 2. The van der Waals surface area contributed by atoms with E-state index in [0.717, 1.165) is 63.4 Å². The molecule has 4 aliphatic carbocycles. The Bertz CT molecular complexity index is 1170. The number of aliphatic hydroxyl groups is 1. The monoisotopic (exact) mass is 833 g/mol. The summed E-state index contributed by atoms with van der Waals surface area (Å²) in [6, 6.07) is 3.37. The number of carboxylic acids is 1. The molecule has 0 aromatic carbocycles. The highest BCUT2D eigenvalue weighted by Gasteiger charge is 2.67. The van der Waals surface area contributed by atoms with Gasteiger partial charge in [-0.1, -0.05) is 102 Å². The van der Waals surface area contributed by atoms with Crippen molar-refractivity contribution in [3.63, 3.8) is 0 Å². The normalized spacial score (nSPS) is 28.3. The maximum Gasteiger partial charge on any atom is 0.407 e. The lowest BCUT2D eigenvalue weighted by Gasteiger charge is -2.63. The van der Waals surface area contributed by atoms with Crippen LogP contribution in [-0.4, -0.2) is 68.8 Å². The van der Waals surface area contributed by atoms with E-state index in [4.69, 9.17) is 14.3 Å². The van der Waals surface area contributed by atoms with Crippen LogP contribution in [0.1, 0.15) is 184 Å². The molecule has 10 nitrogen and oxygen atoms in total. The first-order valence-corrected chi connectivity index (χ1v) is 21.5. The second kappa shape index (κ2) is 33.8. The summed E-state index contributed by atoms with van der Waals surface area (Å²) in [5.41, 5.74) is -0.165. The van der Waals surface area contributed by atoms with Crippen molar-refractivity contribution >= 4 is 22.0 Å². The van der Waals surface area contributed by atoms with Crippen molar-refractivity contribution in [2.75, 3.05) is 34.9 Å². The minimum absolute atomic E-state index is 0. The number of fused-ring (bicyclic) bond motifs is 5. The Balaban J connectivity index is -0.000000602. The SMILES string of the molecule is C.CC12CCC(OC(=O)NCCCC(=O)O)CC1CCC1C2CCC2(C)C(c3ccc(=O)oc3)CCC12O.CCC.CCC.CCC.CCC.CNC.COC.P. The summed E-state index contributed by atoms with van der Waals surface area (Å²) >= 11 is 0. The van der Waals surface area contributed by atoms with Gasteiger partial charge in [-0.25, -0.2) is 9.59 Å². The zero-order valence-electron chi connectivity index (χ0n) is 38.5. The molecule has 0 saturated heterocycles. The first-order chi connectivity index (χ1) is 26.1. The molecule has 340 valence electrons. The van der Waals surface area contributed by atoms with Crippen LogP contribution >= 0.6 is 9.90 Å². The Morgan fingerprint density at radius 2 is 1.37 bits per heavy atom. The molecule has 0 aliphatic heterocycles. The van der Waals surface area contributed by atoms with Crippen LogP contribution in [0.2, 0.25) is 0 Å². The minimum Gasteiger partial charge on any atom is -0.481 e. The number of carbonyl (C=O) groups is 2. The highest BCUT2D eigenvalue weighted by Crippen LogP contribution is 2.70. The highest BCUT2D eigenvalue weighted by atomic mass is 31.0. The van der Waals surface area contributed by atoms with Crippen molar-refractivity contribution in [1.82, 2.24) is 10.6 Å². The van der Waals surface area contributed by atoms with Gasteiger partial charge in [0, 0.05) is 38.7 Å². The maximum absolute atomic E-state index is 12.4. The fourth-order valence-electron chi connectivity index (χ4n) is 9.02. The summed E-state index contributed by atoms with van der Waals surface area (Å²) in [6.07, 6.45) is 14.8. The summed E-state index contributed by atoms with van der Waals surface area (Å²) < 4.78 is 15.2. The minimum atomic E-state index is -0.869. The van der Waals surface area contributed by atoms with Crippen LogP contribution in [0.4, 0.5) is 4.79 Å². The van der Waals surface area contributed by atoms with Crippen molar-refractivity contribution in [2.24, 2.45) is 28.6 Å². The lowest BCUT2D eigenvalue weighted by Crippen LogP contribution is -2.62.